The second-order valence-electron chi connectivity index (χ2n) is 11.7. The van der Waals surface area contributed by atoms with Gasteiger partial charge in [-0.3, -0.25) is 0 Å². The maximum atomic E-state index is 5.42. The molecule has 4 aromatic rings. The molecule has 1 nitrogen and oxygen atoms in total. The zero-order valence-corrected chi connectivity index (χ0v) is 26.2. The van der Waals surface area contributed by atoms with Crippen LogP contribution in [0.4, 0.5) is 0 Å². The molecule has 0 radical (unpaired) electrons. The van der Waals surface area contributed by atoms with Crippen LogP contribution in [0.5, 0.6) is 0 Å². The summed E-state index contributed by atoms with van der Waals surface area (Å²) >= 11 is 0. The van der Waals surface area contributed by atoms with Gasteiger partial charge in [-0.1, -0.05) is 95.1 Å². The van der Waals surface area contributed by atoms with E-state index in [2.05, 4.69) is 143 Å². The molecule has 1 heterocycles. The van der Waals surface area contributed by atoms with Crippen LogP contribution in [-0.4, -0.2) is 10.5 Å². The van der Waals surface area contributed by atoms with Crippen LogP contribution in [0.1, 0.15) is 71.4 Å². The first-order chi connectivity index (χ1) is 18.7. The van der Waals surface area contributed by atoms with Gasteiger partial charge in [0.15, 0.2) is 0 Å². The minimum atomic E-state index is -1.99. The number of nitrogens with zero attached hydrogens (tertiary/aromatic N) is 1. The SMILES string of the molecule is [CH2-][P+]1(N(C(C)C)P(c2cc(C)cc(C)c2)c2cc(C)cc(C)c2)[C@H](c2ccccc2)CC[C@H]1c1ccccc1. The van der Waals surface area contributed by atoms with Gasteiger partial charge in [0, 0.05) is 6.04 Å². The Bertz CT molecular complexity index is 1270. The van der Waals surface area contributed by atoms with E-state index in [1.54, 1.807) is 0 Å². The van der Waals surface area contributed by atoms with E-state index in [1.807, 2.05) is 0 Å². The molecule has 0 aliphatic carbocycles. The van der Waals surface area contributed by atoms with Crippen LogP contribution in [0.25, 0.3) is 0 Å². The summed E-state index contributed by atoms with van der Waals surface area (Å²) in [6.07, 6.45) is 2.37. The van der Waals surface area contributed by atoms with E-state index < -0.39 is 15.5 Å². The van der Waals surface area contributed by atoms with E-state index in [4.69, 9.17) is 6.66 Å². The largest absolute Gasteiger partial charge is 0.177 e. The normalized spacial score (nSPS) is 18.8. The number of benzene rings is 4. The molecule has 2 atom stereocenters. The van der Waals surface area contributed by atoms with Gasteiger partial charge in [-0.15, -0.1) is 0 Å². The molecular weight excluding hydrogens is 508 g/mol. The van der Waals surface area contributed by atoms with Crippen LogP contribution in [0, 0.1) is 34.4 Å². The van der Waals surface area contributed by atoms with E-state index in [1.165, 1.54) is 56.8 Å². The van der Waals surface area contributed by atoms with Crippen molar-refractivity contribution in [2.75, 3.05) is 0 Å². The first-order valence-corrected chi connectivity index (χ1v) is 17.6. The topological polar surface area (TPSA) is 3.24 Å². The molecule has 1 aliphatic rings. The molecule has 0 aromatic heterocycles. The molecule has 1 fully saturated rings. The highest BCUT2D eigenvalue weighted by Gasteiger charge is 2.56. The predicted octanol–water partition coefficient (Wildman–Crippen LogP) is 9.98. The Morgan fingerprint density at radius 1 is 0.641 bits per heavy atom. The highest BCUT2D eigenvalue weighted by atomic mass is 31.2. The molecular formula is C36H43NP2. The molecule has 202 valence electrons. The molecule has 1 aliphatic heterocycles. The van der Waals surface area contributed by atoms with Crippen molar-refractivity contribution < 1.29 is 0 Å². The summed E-state index contributed by atoms with van der Waals surface area (Å²) in [6, 6.07) is 37.3. The van der Waals surface area contributed by atoms with E-state index in [0.29, 0.717) is 17.4 Å². The summed E-state index contributed by atoms with van der Waals surface area (Å²) in [5, 5.41) is 2.91. The van der Waals surface area contributed by atoms with Crippen LogP contribution in [0.3, 0.4) is 0 Å². The standard InChI is InChI=1S/C36H43NP2/c1-26(2)37(38(33-22-27(3)20-28(4)23-33)34-24-29(5)21-30(6)25-34)39(7)35(31-14-10-8-11-15-31)18-19-36(39)32-16-12-9-13-17-32/h8-17,20-26,35-36H,7,18-19H2,1-6H3/t35-,36-/m0/s1. The van der Waals surface area contributed by atoms with Gasteiger partial charge >= 0.3 is 0 Å². The highest BCUT2D eigenvalue weighted by Crippen LogP contribution is 2.89. The van der Waals surface area contributed by atoms with Crippen molar-refractivity contribution in [3.8, 4) is 0 Å². The highest BCUT2D eigenvalue weighted by molar-refractivity contribution is 7.87. The van der Waals surface area contributed by atoms with Crippen LogP contribution < -0.4 is 10.6 Å². The Hall–Kier alpha value is -2.30. The molecule has 0 N–H and O–H groups in total. The van der Waals surface area contributed by atoms with E-state index in [0.717, 1.165) is 0 Å². The number of rotatable bonds is 7. The maximum Gasteiger partial charge on any atom is 0.0845 e. The van der Waals surface area contributed by atoms with Crippen molar-refractivity contribution >= 4 is 26.1 Å². The molecule has 0 unspecified atom stereocenters. The Kier molecular flexibility index (Phi) is 8.45. The first kappa shape index (κ1) is 28.2. The molecule has 39 heavy (non-hydrogen) atoms. The van der Waals surface area contributed by atoms with Crippen molar-refractivity contribution in [1.82, 2.24) is 4.44 Å². The van der Waals surface area contributed by atoms with Crippen LogP contribution in [0.15, 0.2) is 97.1 Å². The average molecular weight is 552 g/mol. The van der Waals surface area contributed by atoms with Gasteiger partial charge in [-0.2, -0.15) is 11.1 Å². The summed E-state index contributed by atoms with van der Waals surface area (Å²) in [4.78, 5) is 0. The monoisotopic (exact) mass is 551 g/mol. The van der Waals surface area contributed by atoms with Crippen LogP contribution in [-0.2, 0) is 0 Å². The molecule has 0 amide bonds. The third kappa shape index (κ3) is 5.65. The third-order valence-electron chi connectivity index (χ3n) is 8.11. The molecule has 0 saturated carbocycles. The van der Waals surface area contributed by atoms with E-state index in [-0.39, 0.29) is 0 Å². The first-order valence-electron chi connectivity index (χ1n) is 14.3. The maximum absolute atomic E-state index is 5.42. The fourth-order valence-corrected chi connectivity index (χ4v) is 16.5. The summed E-state index contributed by atoms with van der Waals surface area (Å²) < 4.78 is 2.97. The Balaban J connectivity index is 1.79. The summed E-state index contributed by atoms with van der Waals surface area (Å²) in [6.45, 7) is 19.2. The fourth-order valence-electron chi connectivity index (χ4n) is 6.82. The van der Waals surface area contributed by atoms with Crippen LogP contribution in [0.2, 0.25) is 0 Å². The fraction of sp³-hybridized carbons (Fsp3) is 0.306. The second kappa shape index (κ2) is 11.7. The average Bonchev–Trinajstić information content (AvgIpc) is 3.24. The molecule has 5 rings (SSSR count). The number of hydrogen-bond donors (Lipinski definition) is 0. The van der Waals surface area contributed by atoms with Gasteiger partial charge < -0.3 is 0 Å². The Morgan fingerprint density at radius 2 is 1.00 bits per heavy atom. The van der Waals surface area contributed by atoms with Gasteiger partial charge in [0.2, 0.25) is 0 Å². The van der Waals surface area contributed by atoms with Gasteiger partial charge in [0.05, 0.1) is 19.4 Å². The predicted molar refractivity (Wildman–Crippen MR) is 175 cm³/mol. The lowest BCUT2D eigenvalue weighted by Crippen LogP contribution is -2.35. The molecule has 4 aromatic carbocycles. The summed E-state index contributed by atoms with van der Waals surface area (Å²) in [5.41, 5.74) is 9.18. The van der Waals surface area contributed by atoms with Gasteiger partial charge in [-0.05, 0) is 108 Å². The summed E-state index contributed by atoms with van der Waals surface area (Å²) in [7, 11) is -2.78. The lowest BCUT2D eigenvalue weighted by atomic mass is 10.0. The Labute approximate surface area is 238 Å². The Morgan fingerprint density at radius 3 is 1.33 bits per heavy atom. The zero-order chi connectivity index (χ0) is 27.7. The van der Waals surface area contributed by atoms with Gasteiger partial charge in [0.1, 0.15) is 0 Å². The van der Waals surface area contributed by atoms with E-state index in [9.17, 15) is 0 Å². The van der Waals surface area contributed by atoms with Crippen LogP contribution >= 0.6 is 15.5 Å². The minimum Gasteiger partial charge on any atom is -0.177 e. The van der Waals surface area contributed by atoms with Crippen molar-refractivity contribution in [1.29, 1.82) is 0 Å². The van der Waals surface area contributed by atoms with Crippen molar-refractivity contribution in [3.05, 3.63) is 137 Å². The van der Waals surface area contributed by atoms with Gasteiger partial charge in [0.25, 0.3) is 0 Å². The number of aryl methyl sites for hydroxylation is 4. The number of hydrogen-bond acceptors (Lipinski definition) is 1. The quantitative estimate of drug-likeness (QED) is 0.163. The van der Waals surface area contributed by atoms with E-state index >= 15 is 0 Å². The van der Waals surface area contributed by atoms with Crippen molar-refractivity contribution in [3.63, 3.8) is 0 Å². The zero-order valence-electron chi connectivity index (χ0n) is 24.4. The molecule has 3 heteroatoms. The second-order valence-corrected chi connectivity index (χ2v) is 17.6. The lowest BCUT2D eigenvalue weighted by Gasteiger charge is -2.51. The minimum absolute atomic E-state index is 0.360. The third-order valence-corrected chi connectivity index (χ3v) is 16.5. The summed E-state index contributed by atoms with van der Waals surface area (Å²) in [5.74, 6) is 0. The molecule has 0 spiro atoms. The van der Waals surface area contributed by atoms with Crippen molar-refractivity contribution in [2.24, 2.45) is 0 Å². The molecule has 1 saturated heterocycles. The lowest BCUT2D eigenvalue weighted by molar-refractivity contribution is 0.561. The molecule has 0 bridgehead atoms. The smallest absolute Gasteiger partial charge is 0.0845 e. The van der Waals surface area contributed by atoms with Gasteiger partial charge in [-0.25, -0.2) is 0 Å². The van der Waals surface area contributed by atoms with Crippen molar-refractivity contribution in [2.45, 2.75) is 71.7 Å².